The standard InChI is InChI=1S/C12H22N6/c1-3-18-5-4-9(8-18)7-15-11-6-10(14-2)16-12(13)17-11/h6,9H,3-5,7-8H2,1-2H3,(H4,13,14,15,16,17). The molecule has 6 heteroatoms. The summed E-state index contributed by atoms with van der Waals surface area (Å²) in [6.45, 7) is 6.66. The molecule has 0 aliphatic carbocycles. The van der Waals surface area contributed by atoms with Crippen molar-refractivity contribution in [3.8, 4) is 0 Å². The molecule has 6 nitrogen and oxygen atoms in total. The van der Waals surface area contributed by atoms with Crippen molar-refractivity contribution in [2.24, 2.45) is 5.92 Å². The second-order valence-electron chi connectivity index (χ2n) is 4.68. The third kappa shape index (κ3) is 3.22. The average Bonchev–Trinajstić information content (AvgIpc) is 2.83. The van der Waals surface area contributed by atoms with Gasteiger partial charge in [-0.25, -0.2) is 0 Å². The summed E-state index contributed by atoms with van der Waals surface area (Å²) in [6, 6.07) is 1.88. The van der Waals surface area contributed by atoms with Crippen LogP contribution in [0.15, 0.2) is 6.07 Å². The molecule has 0 spiro atoms. The smallest absolute Gasteiger partial charge is 0.223 e. The van der Waals surface area contributed by atoms with E-state index in [0.29, 0.717) is 11.9 Å². The highest BCUT2D eigenvalue weighted by Gasteiger charge is 2.20. The largest absolute Gasteiger partial charge is 0.373 e. The molecule has 1 aliphatic heterocycles. The van der Waals surface area contributed by atoms with Gasteiger partial charge < -0.3 is 21.3 Å². The molecule has 18 heavy (non-hydrogen) atoms. The maximum Gasteiger partial charge on any atom is 0.223 e. The number of nitrogens with two attached hydrogens (primary N) is 1. The zero-order chi connectivity index (χ0) is 13.0. The molecule has 1 fully saturated rings. The number of nitrogen functional groups attached to an aromatic ring is 1. The lowest BCUT2D eigenvalue weighted by Gasteiger charge is -2.14. The van der Waals surface area contributed by atoms with Gasteiger partial charge in [0.1, 0.15) is 11.6 Å². The third-order valence-corrected chi connectivity index (χ3v) is 3.39. The van der Waals surface area contributed by atoms with Crippen LogP contribution in [0.3, 0.4) is 0 Å². The van der Waals surface area contributed by atoms with Crippen LogP contribution in [0, 0.1) is 5.92 Å². The fourth-order valence-electron chi connectivity index (χ4n) is 2.30. The maximum atomic E-state index is 5.65. The summed E-state index contributed by atoms with van der Waals surface area (Å²) in [4.78, 5) is 10.7. The molecule has 100 valence electrons. The van der Waals surface area contributed by atoms with Crippen LogP contribution >= 0.6 is 0 Å². The van der Waals surface area contributed by atoms with Crippen LogP contribution in [0.2, 0.25) is 0 Å². The number of nitrogens with zero attached hydrogens (tertiary/aromatic N) is 3. The second-order valence-corrected chi connectivity index (χ2v) is 4.68. The molecule has 2 rings (SSSR count). The molecule has 1 aliphatic rings. The Kier molecular flexibility index (Phi) is 4.19. The highest BCUT2D eigenvalue weighted by atomic mass is 15.2. The molecule has 1 atom stereocenters. The molecule has 0 aromatic carbocycles. The number of anilines is 3. The normalized spacial score (nSPS) is 20.0. The quantitative estimate of drug-likeness (QED) is 0.719. The van der Waals surface area contributed by atoms with E-state index < -0.39 is 0 Å². The van der Waals surface area contributed by atoms with Gasteiger partial charge in [-0.15, -0.1) is 0 Å². The minimum Gasteiger partial charge on any atom is -0.373 e. The Balaban J connectivity index is 1.88. The molecule has 1 unspecified atom stereocenters. The summed E-state index contributed by atoms with van der Waals surface area (Å²) in [5, 5.41) is 6.32. The Bertz CT molecular complexity index is 394. The van der Waals surface area contributed by atoms with Crippen molar-refractivity contribution in [2.45, 2.75) is 13.3 Å². The summed E-state index contributed by atoms with van der Waals surface area (Å²) >= 11 is 0. The fourth-order valence-corrected chi connectivity index (χ4v) is 2.30. The van der Waals surface area contributed by atoms with E-state index in [2.05, 4.69) is 32.4 Å². The van der Waals surface area contributed by atoms with E-state index in [9.17, 15) is 0 Å². The van der Waals surface area contributed by atoms with Gasteiger partial charge in [-0.05, 0) is 25.4 Å². The van der Waals surface area contributed by atoms with Crippen molar-refractivity contribution >= 4 is 17.6 Å². The predicted molar refractivity (Wildman–Crippen MR) is 74.7 cm³/mol. The van der Waals surface area contributed by atoms with Gasteiger partial charge in [0, 0.05) is 26.2 Å². The van der Waals surface area contributed by atoms with Gasteiger partial charge in [0.25, 0.3) is 0 Å². The summed E-state index contributed by atoms with van der Waals surface area (Å²) in [7, 11) is 1.82. The van der Waals surface area contributed by atoms with Gasteiger partial charge in [-0.1, -0.05) is 6.92 Å². The molecule has 0 radical (unpaired) electrons. The second kappa shape index (κ2) is 5.86. The molecular formula is C12H22N6. The molecule has 1 saturated heterocycles. The maximum absolute atomic E-state index is 5.65. The summed E-state index contributed by atoms with van der Waals surface area (Å²) < 4.78 is 0. The highest BCUT2D eigenvalue weighted by Crippen LogP contribution is 2.17. The van der Waals surface area contributed by atoms with Crippen LogP contribution in [0.25, 0.3) is 0 Å². The molecule has 1 aromatic heterocycles. The lowest BCUT2D eigenvalue weighted by Crippen LogP contribution is -2.22. The summed E-state index contributed by atoms with van der Waals surface area (Å²) in [6.07, 6.45) is 1.25. The predicted octanol–water partition coefficient (Wildman–Crippen LogP) is 0.854. The zero-order valence-corrected chi connectivity index (χ0v) is 11.1. The van der Waals surface area contributed by atoms with E-state index in [1.165, 1.54) is 19.5 Å². The van der Waals surface area contributed by atoms with E-state index in [0.717, 1.165) is 24.7 Å². The molecule has 2 heterocycles. The first-order valence-electron chi connectivity index (χ1n) is 6.49. The van der Waals surface area contributed by atoms with Crippen molar-refractivity contribution < 1.29 is 0 Å². The zero-order valence-electron chi connectivity index (χ0n) is 11.1. The number of hydrogen-bond donors (Lipinski definition) is 3. The Labute approximate surface area is 108 Å². The number of aromatic nitrogens is 2. The van der Waals surface area contributed by atoms with Crippen LogP contribution in [-0.2, 0) is 0 Å². The Morgan fingerprint density at radius 3 is 2.89 bits per heavy atom. The first-order chi connectivity index (χ1) is 8.71. The SMILES string of the molecule is CCN1CCC(CNc2cc(NC)nc(N)n2)C1. The van der Waals surface area contributed by atoms with Gasteiger partial charge in [0.2, 0.25) is 5.95 Å². The fraction of sp³-hybridized carbons (Fsp3) is 0.667. The van der Waals surface area contributed by atoms with E-state index in [4.69, 9.17) is 5.73 Å². The number of rotatable bonds is 5. The van der Waals surface area contributed by atoms with Crippen molar-refractivity contribution in [1.29, 1.82) is 0 Å². The molecule has 0 bridgehead atoms. The Morgan fingerprint density at radius 1 is 1.44 bits per heavy atom. The van der Waals surface area contributed by atoms with Crippen LogP contribution in [0.5, 0.6) is 0 Å². The summed E-state index contributed by atoms with van der Waals surface area (Å²) in [5.74, 6) is 2.53. The van der Waals surface area contributed by atoms with Crippen LogP contribution in [0.1, 0.15) is 13.3 Å². The highest BCUT2D eigenvalue weighted by molar-refractivity contribution is 5.50. The van der Waals surface area contributed by atoms with Crippen LogP contribution in [0.4, 0.5) is 17.6 Å². The van der Waals surface area contributed by atoms with Crippen molar-refractivity contribution in [1.82, 2.24) is 14.9 Å². The van der Waals surface area contributed by atoms with E-state index in [1.807, 2.05) is 13.1 Å². The van der Waals surface area contributed by atoms with Crippen molar-refractivity contribution in [3.63, 3.8) is 0 Å². The van der Waals surface area contributed by atoms with Crippen molar-refractivity contribution in [3.05, 3.63) is 6.07 Å². The van der Waals surface area contributed by atoms with Gasteiger partial charge in [-0.3, -0.25) is 0 Å². The molecular weight excluding hydrogens is 228 g/mol. The topological polar surface area (TPSA) is 79.1 Å². The van der Waals surface area contributed by atoms with Crippen molar-refractivity contribution in [2.75, 3.05) is 49.6 Å². The Hall–Kier alpha value is -1.56. The van der Waals surface area contributed by atoms with Crippen LogP contribution in [-0.4, -0.2) is 48.1 Å². The van der Waals surface area contributed by atoms with Gasteiger partial charge >= 0.3 is 0 Å². The minimum absolute atomic E-state index is 0.297. The van der Waals surface area contributed by atoms with Gasteiger partial charge in [-0.2, -0.15) is 9.97 Å². The van der Waals surface area contributed by atoms with Gasteiger partial charge in [0.05, 0.1) is 0 Å². The first-order valence-corrected chi connectivity index (χ1v) is 6.49. The van der Waals surface area contributed by atoms with E-state index in [-0.39, 0.29) is 0 Å². The first kappa shape index (κ1) is 12.9. The van der Waals surface area contributed by atoms with Gasteiger partial charge in [0.15, 0.2) is 0 Å². The number of hydrogen-bond acceptors (Lipinski definition) is 6. The van der Waals surface area contributed by atoms with E-state index >= 15 is 0 Å². The van der Waals surface area contributed by atoms with Crippen LogP contribution < -0.4 is 16.4 Å². The number of likely N-dealkylation sites (tertiary alicyclic amines) is 1. The minimum atomic E-state index is 0.297. The molecule has 4 N–H and O–H groups in total. The molecule has 1 aromatic rings. The third-order valence-electron chi connectivity index (χ3n) is 3.39. The monoisotopic (exact) mass is 250 g/mol. The van der Waals surface area contributed by atoms with E-state index in [1.54, 1.807) is 0 Å². The molecule has 0 saturated carbocycles. The summed E-state index contributed by atoms with van der Waals surface area (Å²) in [5.41, 5.74) is 5.65. The lowest BCUT2D eigenvalue weighted by atomic mass is 10.1. The number of nitrogens with one attached hydrogen (secondary N) is 2. The average molecular weight is 250 g/mol. The Morgan fingerprint density at radius 2 is 2.22 bits per heavy atom. The molecule has 0 amide bonds. The lowest BCUT2D eigenvalue weighted by molar-refractivity contribution is 0.345.